The lowest BCUT2D eigenvalue weighted by atomic mass is 9.95. The Kier molecular flexibility index (Phi) is 2.09. The fourth-order valence-electron chi connectivity index (χ4n) is 2.90. The predicted octanol–water partition coefficient (Wildman–Crippen LogP) is 0.809. The summed E-state index contributed by atoms with van der Waals surface area (Å²) in [6.45, 7) is 3.36. The molecule has 0 aliphatic carbocycles. The minimum Gasteiger partial charge on any atom is -0.348 e. The van der Waals surface area contributed by atoms with Gasteiger partial charge in [0.05, 0.1) is 11.7 Å². The molecule has 0 bridgehead atoms. The molecule has 0 aromatic carbocycles. The van der Waals surface area contributed by atoms with Gasteiger partial charge in [0.25, 0.3) is 0 Å². The summed E-state index contributed by atoms with van der Waals surface area (Å²) in [5.41, 5.74) is 0.329. The molecule has 0 amide bonds. The van der Waals surface area contributed by atoms with E-state index in [1.54, 1.807) is 12.4 Å². The highest BCUT2D eigenvalue weighted by atomic mass is 15.3. The Hall–Kier alpha value is -1.16. The summed E-state index contributed by atoms with van der Waals surface area (Å²) in [5, 5.41) is 3.46. The van der Waals surface area contributed by atoms with Crippen molar-refractivity contribution in [1.29, 1.82) is 0 Å². The fourth-order valence-corrected chi connectivity index (χ4v) is 2.90. The van der Waals surface area contributed by atoms with Crippen molar-refractivity contribution in [2.24, 2.45) is 0 Å². The van der Waals surface area contributed by atoms with Gasteiger partial charge in [-0.1, -0.05) is 0 Å². The molecule has 3 heterocycles. The van der Waals surface area contributed by atoms with Crippen LogP contribution in [0.2, 0.25) is 0 Å². The highest BCUT2D eigenvalue weighted by Crippen LogP contribution is 2.36. The molecule has 2 aliphatic rings. The Labute approximate surface area is 89.7 Å². The van der Waals surface area contributed by atoms with Crippen LogP contribution in [-0.2, 0) is 0 Å². The van der Waals surface area contributed by atoms with Crippen molar-refractivity contribution < 1.29 is 0 Å². The van der Waals surface area contributed by atoms with Crippen LogP contribution < -0.4 is 10.2 Å². The van der Waals surface area contributed by atoms with Crippen molar-refractivity contribution >= 4 is 5.82 Å². The monoisotopic (exact) mass is 204 g/mol. The van der Waals surface area contributed by atoms with Gasteiger partial charge in [-0.3, -0.25) is 4.98 Å². The van der Waals surface area contributed by atoms with E-state index in [-0.39, 0.29) is 0 Å². The number of anilines is 1. The van der Waals surface area contributed by atoms with Crippen molar-refractivity contribution in [2.45, 2.75) is 24.8 Å². The summed E-state index contributed by atoms with van der Waals surface area (Å²) < 4.78 is 0. The lowest BCUT2D eigenvalue weighted by molar-refractivity contribution is 0.463. The first-order valence-electron chi connectivity index (χ1n) is 5.65. The van der Waals surface area contributed by atoms with Gasteiger partial charge in [0.2, 0.25) is 0 Å². The number of rotatable bonds is 1. The van der Waals surface area contributed by atoms with Crippen LogP contribution in [0.15, 0.2) is 18.6 Å². The standard InChI is InChI=1S/C11H16N4/c1-2-11(3-4-13-9-11)15(7-1)10-8-12-5-6-14-10/h5-6,8,13H,1-4,7,9H2. The van der Waals surface area contributed by atoms with Gasteiger partial charge in [-0.2, -0.15) is 0 Å². The van der Waals surface area contributed by atoms with E-state index in [2.05, 4.69) is 20.2 Å². The van der Waals surface area contributed by atoms with E-state index >= 15 is 0 Å². The van der Waals surface area contributed by atoms with Crippen molar-refractivity contribution in [3.63, 3.8) is 0 Å². The molecule has 0 radical (unpaired) electrons. The molecule has 80 valence electrons. The Bertz CT molecular complexity index is 326. The largest absolute Gasteiger partial charge is 0.348 e. The Morgan fingerprint density at radius 3 is 3.07 bits per heavy atom. The van der Waals surface area contributed by atoms with E-state index in [1.165, 1.54) is 19.3 Å². The molecule has 1 N–H and O–H groups in total. The summed E-state index contributed by atoms with van der Waals surface area (Å²) >= 11 is 0. The molecule has 1 unspecified atom stereocenters. The molecule has 1 aromatic rings. The van der Waals surface area contributed by atoms with Gasteiger partial charge < -0.3 is 10.2 Å². The highest BCUT2D eigenvalue weighted by Gasteiger charge is 2.43. The molecule has 4 nitrogen and oxygen atoms in total. The predicted molar refractivity (Wildman–Crippen MR) is 58.8 cm³/mol. The van der Waals surface area contributed by atoms with E-state index in [0.717, 1.165) is 25.5 Å². The van der Waals surface area contributed by atoms with Gasteiger partial charge >= 0.3 is 0 Å². The van der Waals surface area contributed by atoms with Gasteiger partial charge in [-0.05, 0) is 25.8 Å². The molecule has 2 saturated heterocycles. The minimum atomic E-state index is 0.329. The summed E-state index contributed by atoms with van der Waals surface area (Å²) in [7, 11) is 0. The molecule has 1 spiro atoms. The van der Waals surface area contributed by atoms with Crippen molar-refractivity contribution in [2.75, 3.05) is 24.5 Å². The maximum atomic E-state index is 4.42. The summed E-state index contributed by atoms with van der Waals surface area (Å²) in [4.78, 5) is 11.0. The first kappa shape index (κ1) is 9.09. The Balaban J connectivity index is 1.92. The summed E-state index contributed by atoms with van der Waals surface area (Å²) in [5.74, 6) is 1.04. The summed E-state index contributed by atoms with van der Waals surface area (Å²) in [6.07, 6.45) is 9.20. The third-order valence-corrected chi connectivity index (χ3v) is 3.64. The zero-order valence-electron chi connectivity index (χ0n) is 8.82. The molecule has 2 fully saturated rings. The van der Waals surface area contributed by atoms with Crippen LogP contribution in [0.4, 0.5) is 5.82 Å². The van der Waals surface area contributed by atoms with E-state index in [4.69, 9.17) is 0 Å². The van der Waals surface area contributed by atoms with Gasteiger partial charge in [-0.15, -0.1) is 0 Å². The number of aromatic nitrogens is 2. The molecule has 0 saturated carbocycles. The number of nitrogens with one attached hydrogen (secondary N) is 1. The Morgan fingerprint density at radius 2 is 2.33 bits per heavy atom. The average molecular weight is 204 g/mol. The zero-order chi connectivity index (χ0) is 10.1. The fraction of sp³-hybridized carbons (Fsp3) is 0.636. The number of nitrogens with zero attached hydrogens (tertiary/aromatic N) is 3. The Morgan fingerprint density at radius 1 is 1.33 bits per heavy atom. The molecule has 3 rings (SSSR count). The van der Waals surface area contributed by atoms with Crippen LogP contribution >= 0.6 is 0 Å². The number of hydrogen-bond acceptors (Lipinski definition) is 4. The summed E-state index contributed by atoms with van der Waals surface area (Å²) in [6, 6.07) is 0. The third kappa shape index (κ3) is 1.40. The van der Waals surface area contributed by atoms with Crippen LogP contribution in [-0.4, -0.2) is 35.1 Å². The van der Waals surface area contributed by atoms with E-state index < -0.39 is 0 Å². The van der Waals surface area contributed by atoms with Gasteiger partial charge in [0, 0.05) is 25.5 Å². The first-order chi connectivity index (χ1) is 7.41. The topological polar surface area (TPSA) is 41.1 Å². The molecular formula is C11H16N4. The maximum Gasteiger partial charge on any atom is 0.147 e. The quantitative estimate of drug-likeness (QED) is 0.735. The molecule has 1 aromatic heterocycles. The lowest BCUT2D eigenvalue weighted by Crippen LogP contribution is -2.46. The maximum absolute atomic E-state index is 4.42. The first-order valence-corrected chi connectivity index (χ1v) is 5.65. The molecule has 1 atom stereocenters. The van der Waals surface area contributed by atoms with Crippen LogP contribution in [0.25, 0.3) is 0 Å². The van der Waals surface area contributed by atoms with Crippen LogP contribution in [0.1, 0.15) is 19.3 Å². The molecular weight excluding hydrogens is 188 g/mol. The van der Waals surface area contributed by atoms with Gasteiger partial charge in [0.15, 0.2) is 0 Å². The highest BCUT2D eigenvalue weighted by molar-refractivity contribution is 5.42. The van der Waals surface area contributed by atoms with E-state index in [1.807, 2.05) is 6.20 Å². The second-order valence-electron chi connectivity index (χ2n) is 4.47. The molecule has 2 aliphatic heterocycles. The molecule has 4 heteroatoms. The van der Waals surface area contributed by atoms with Gasteiger partial charge in [0.1, 0.15) is 5.82 Å². The van der Waals surface area contributed by atoms with Crippen molar-refractivity contribution in [3.05, 3.63) is 18.6 Å². The average Bonchev–Trinajstić information content (AvgIpc) is 2.91. The second kappa shape index (κ2) is 3.45. The SMILES string of the molecule is c1cnc(N2CCCC23CCNC3)cn1. The zero-order valence-corrected chi connectivity index (χ0v) is 8.82. The second-order valence-corrected chi connectivity index (χ2v) is 4.47. The van der Waals surface area contributed by atoms with Crippen LogP contribution in [0, 0.1) is 0 Å². The normalized spacial score (nSPS) is 30.3. The van der Waals surface area contributed by atoms with Crippen molar-refractivity contribution in [3.8, 4) is 0 Å². The lowest BCUT2D eigenvalue weighted by Gasteiger charge is -2.35. The smallest absolute Gasteiger partial charge is 0.147 e. The van der Waals surface area contributed by atoms with Crippen LogP contribution in [0.5, 0.6) is 0 Å². The third-order valence-electron chi connectivity index (χ3n) is 3.64. The van der Waals surface area contributed by atoms with E-state index in [9.17, 15) is 0 Å². The minimum absolute atomic E-state index is 0.329. The van der Waals surface area contributed by atoms with Crippen molar-refractivity contribution in [1.82, 2.24) is 15.3 Å². The van der Waals surface area contributed by atoms with Gasteiger partial charge in [-0.25, -0.2) is 4.98 Å². The number of hydrogen-bond donors (Lipinski definition) is 1. The van der Waals surface area contributed by atoms with Crippen LogP contribution in [0.3, 0.4) is 0 Å². The van der Waals surface area contributed by atoms with E-state index in [0.29, 0.717) is 5.54 Å². The molecule has 15 heavy (non-hydrogen) atoms.